The van der Waals surface area contributed by atoms with E-state index in [0.29, 0.717) is 6.42 Å². The first-order chi connectivity index (χ1) is 8.81. The SMILES string of the molecule is CS(=O)(=O)CCCNC(=O)c1ccccc1C(=O)O. The van der Waals surface area contributed by atoms with Gasteiger partial charge in [-0.3, -0.25) is 4.79 Å². The first-order valence-corrected chi connectivity index (χ1v) is 7.65. The lowest BCUT2D eigenvalue weighted by Gasteiger charge is -2.07. The van der Waals surface area contributed by atoms with E-state index in [2.05, 4.69) is 5.32 Å². The monoisotopic (exact) mass is 285 g/mol. The number of nitrogens with one attached hydrogen (secondary N) is 1. The Morgan fingerprint density at radius 3 is 2.32 bits per heavy atom. The second-order valence-corrected chi connectivity index (χ2v) is 6.35. The van der Waals surface area contributed by atoms with E-state index in [0.717, 1.165) is 6.26 Å². The van der Waals surface area contributed by atoms with Crippen LogP contribution in [-0.4, -0.2) is 44.0 Å². The molecule has 1 aromatic rings. The Bertz CT molecular complexity index is 580. The van der Waals surface area contributed by atoms with Crippen LogP contribution in [0.5, 0.6) is 0 Å². The highest BCUT2D eigenvalue weighted by Crippen LogP contribution is 2.08. The second-order valence-electron chi connectivity index (χ2n) is 4.09. The van der Waals surface area contributed by atoms with Crippen molar-refractivity contribution in [3.05, 3.63) is 35.4 Å². The largest absolute Gasteiger partial charge is 0.478 e. The van der Waals surface area contributed by atoms with E-state index in [-0.39, 0.29) is 23.4 Å². The van der Waals surface area contributed by atoms with Gasteiger partial charge >= 0.3 is 5.97 Å². The smallest absolute Gasteiger partial charge is 0.336 e. The minimum absolute atomic E-state index is 0.0200. The zero-order chi connectivity index (χ0) is 14.5. The summed E-state index contributed by atoms with van der Waals surface area (Å²) in [6.07, 6.45) is 1.41. The molecule has 1 amide bonds. The molecule has 104 valence electrons. The molecular formula is C12H15NO5S. The Kier molecular flexibility index (Phi) is 5.05. The summed E-state index contributed by atoms with van der Waals surface area (Å²) in [5, 5.41) is 11.4. The minimum Gasteiger partial charge on any atom is -0.478 e. The molecule has 0 unspecified atom stereocenters. The summed E-state index contributed by atoms with van der Waals surface area (Å²) in [6.45, 7) is 0.180. The predicted octanol–water partition coefficient (Wildman–Crippen LogP) is 0.549. The van der Waals surface area contributed by atoms with Crippen LogP contribution in [0.4, 0.5) is 0 Å². The highest BCUT2D eigenvalue weighted by molar-refractivity contribution is 7.90. The summed E-state index contributed by atoms with van der Waals surface area (Å²) in [5.41, 5.74) is -0.0162. The summed E-state index contributed by atoms with van der Waals surface area (Å²) < 4.78 is 21.8. The molecule has 0 aliphatic heterocycles. The molecule has 1 aromatic carbocycles. The molecule has 0 radical (unpaired) electrons. The third-order valence-corrected chi connectivity index (χ3v) is 3.41. The van der Waals surface area contributed by atoms with Gasteiger partial charge in [0.1, 0.15) is 9.84 Å². The van der Waals surface area contributed by atoms with E-state index in [9.17, 15) is 18.0 Å². The number of aromatic carboxylic acids is 1. The van der Waals surface area contributed by atoms with Crippen molar-refractivity contribution in [2.45, 2.75) is 6.42 Å². The highest BCUT2D eigenvalue weighted by atomic mass is 32.2. The number of sulfone groups is 1. The van der Waals surface area contributed by atoms with E-state index in [1.54, 1.807) is 6.07 Å². The van der Waals surface area contributed by atoms with Crippen molar-refractivity contribution in [3.63, 3.8) is 0 Å². The number of carboxylic acids is 1. The lowest BCUT2D eigenvalue weighted by molar-refractivity contribution is 0.0691. The Morgan fingerprint density at radius 2 is 1.79 bits per heavy atom. The fraction of sp³-hybridized carbons (Fsp3) is 0.333. The van der Waals surface area contributed by atoms with Crippen LogP contribution in [0.15, 0.2) is 24.3 Å². The number of hydrogen-bond acceptors (Lipinski definition) is 4. The molecule has 6 nitrogen and oxygen atoms in total. The van der Waals surface area contributed by atoms with Crippen molar-refractivity contribution in [2.75, 3.05) is 18.6 Å². The standard InChI is InChI=1S/C12H15NO5S/c1-19(17,18)8-4-7-13-11(14)9-5-2-3-6-10(9)12(15)16/h2-3,5-6H,4,7-8H2,1H3,(H,13,14)(H,15,16). The van der Waals surface area contributed by atoms with Gasteiger partial charge in [0.25, 0.3) is 5.91 Å². The third-order valence-electron chi connectivity index (χ3n) is 2.38. The number of carbonyl (C=O) groups is 2. The lowest BCUT2D eigenvalue weighted by Crippen LogP contribution is -2.27. The third kappa shape index (κ3) is 5.09. The molecule has 0 heterocycles. The van der Waals surface area contributed by atoms with Gasteiger partial charge in [-0.1, -0.05) is 12.1 Å². The van der Waals surface area contributed by atoms with E-state index in [1.165, 1.54) is 18.2 Å². The average Bonchev–Trinajstić information content (AvgIpc) is 2.33. The number of carbonyl (C=O) groups excluding carboxylic acids is 1. The summed E-state index contributed by atoms with van der Waals surface area (Å²) in [7, 11) is -3.05. The number of hydrogen-bond donors (Lipinski definition) is 2. The van der Waals surface area contributed by atoms with Crippen LogP contribution in [0, 0.1) is 0 Å². The highest BCUT2D eigenvalue weighted by Gasteiger charge is 2.15. The van der Waals surface area contributed by atoms with Crippen LogP contribution in [0.1, 0.15) is 27.1 Å². The summed E-state index contributed by atoms with van der Waals surface area (Å²) in [4.78, 5) is 22.7. The number of benzene rings is 1. The van der Waals surface area contributed by atoms with Crippen molar-refractivity contribution >= 4 is 21.7 Å². The van der Waals surface area contributed by atoms with Gasteiger partial charge in [0.05, 0.1) is 16.9 Å². The van der Waals surface area contributed by atoms with Crippen LogP contribution in [0.3, 0.4) is 0 Å². The summed E-state index contributed by atoms with van der Waals surface area (Å²) in [5.74, 6) is -1.72. The van der Waals surface area contributed by atoms with Crippen LogP contribution >= 0.6 is 0 Å². The first kappa shape index (κ1) is 15.2. The van der Waals surface area contributed by atoms with Crippen LogP contribution in [-0.2, 0) is 9.84 Å². The van der Waals surface area contributed by atoms with Gasteiger partial charge in [-0.2, -0.15) is 0 Å². The molecule has 0 aromatic heterocycles. The molecule has 0 saturated carbocycles. The van der Waals surface area contributed by atoms with Crippen LogP contribution in [0.25, 0.3) is 0 Å². The zero-order valence-electron chi connectivity index (χ0n) is 10.4. The molecule has 0 saturated heterocycles. The van der Waals surface area contributed by atoms with Crippen LogP contribution in [0.2, 0.25) is 0 Å². The molecule has 2 N–H and O–H groups in total. The molecule has 0 bridgehead atoms. The molecular weight excluding hydrogens is 270 g/mol. The van der Waals surface area contributed by atoms with Gasteiger partial charge in [0.2, 0.25) is 0 Å². The summed E-state index contributed by atoms with van der Waals surface area (Å²) in [6, 6.07) is 5.85. The Hall–Kier alpha value is -1.89. The van der Waals surface area contributed by atoms with Gasteiger partial charge < -0.3 is 10.4 Å². The fourth-order valence-corrected chi connectivity index (χ4v) is 2.17. The maximum Gasteiger partial charge on any atom is 0.336 e. The summed E-state index contributed by atoms with van der Waals surface area (Å²) >= 11 is 0. The second kappa shape index (κ2) is 6.33. The van der Waals surface area contributed by atoms with Gasteiger partial charge in [0, 0.05) is 12.8 Å². The zero-order valence-corrected chi connectivity index (χ0v) is 11.2. The van der Waals surface area contributed by atoms with Crippen molar-refractivity contribution in [3.8, 4) is 0 Å². The van der Waals surface area contributed by atoms with Crippen molar-refractivity contribution in [1.82, 2.24) is 5.32 Å². The van der Waals surface area contributed by atoms with E-state index >= 15 is 0 Å². The Labute approximate surface area is 111 Å². The van der Waals surface area contributed by atoms with Crippen molar-refractivity contribution < 1.29 is 23.1 Å². The number of amides is 1. The van der Waals surface area contributed by atoms with Gasteiger partial charge in [0.15, 0.2) is 0 Å². The van der Waals surface area contributed by atoms with Gasteiger partial charge in [-0.05, 0) is 18.6 Å². The molecule has 0 fully saturated rings. The topological polar surface area (TPSA) is 101 Å². The number of rotatable bonds is 6. The first-order valence-electron chi connectivity index (χ1n) is 5.59. The van der Waals surface area contributed by atoms with E-state index < -0.39 is 21.7 Å². The molecule has 0 aliphatic rings. The molecule has 19 heavy (non-hydrogen) atoms. The van der Waals surface area contributed by atoms with Crippen molar-refractivity contribution in [1.29, 1.82) is 0 Å². The molecule has 1 rings (SSSR count). The van der Waals surface area contributed by atoms with Crippen LogP contribution < -0.4 is 5.32 Å². The average molecular weight is 285 g/mol. The van der Waals surface area contributed by atoms with E-state index in [1.807, 2.05) is 0 Å². The van der Waals surface area contributed by atoms with Gasteiger partial charge in [-0.25, -0.2) is 13.2 Å². The molecule has 0 atom stereocenters. The Balaban J connectivity index is 2.62. The minimum atomic E-state index is -3.05. The maximum absolute atomic E-state index is 11.8. The molecule has 7 heteroatoms. The number of carboxylic acid groups (broad SMARTS) is 1. The predicted molar refractivity (Wildman–Crippen MR) is 70.1 cm³/mol. The van der Waals surface area contributed by atoms with Gasteiger partial charge in [-0.15, -0.1) is 0 Å². The Morgan fingerprint density at radius 1 is 1.21 bits per heavy atom. The normalized spacial score (nSPS) is 11.0. The molecule has 0 spiro atoms. The maximum atomic E-state index is 11.8. The quantitative estimate of drug-likeness (QED) is 0.743. The van der Waals surface area contributed by atoms with Crippen molar-refractivity contribution in [2.24, 2.45) is 0 Å². The fourth-order valence-electron chi connectivity index (χ4n) is 1.50. The molecule has 0 aliphatic carbocycles. The van der Waals surface area contributed by atoms with E-state index in [4.69, 9.17) is 5.11 Å². The lowest BCUT2D eigenvalue weighted by atomic mass is 10.1.